The number of nitrogens with one attached hydrogen (secondary N) is 1. The summed E-state index contributed by atoms with van der Waals surface area (Å²) in [4.78, 5) is 0.119. The van der Waals surface area contributed by atoms with Crippen molar-refractivity contribution in [3.63, 3.8) is 0 Å². The number of nitrogens with zero attached hydrogens (tertiary/aromatic N) is 2. The molecule has 0 amide bonds. The first-order valence-electron chi connectivity index (χ1n) is 6.63. The topological polar surface area (TPSA) is 72.0 Å². The third-order valence-corrected chi connectivity index (χ3v) is 5.69. The lowest BCUT2D eigenvalue weighted by atomic mass is 10.2. The largest absolute Gasteiger partial charge is 0.263 e. The van der Waals surface area contributed by atoms with Crippen molar-refractivity contribution in [2.45, 2.75) is 11.8 Å². The predicted molar refractivity (Wildman–Crippen MR) is 92.3 cm³/mol. The summed E-state index contributed by atoms with van der Waals surface area (Å²) in [5, 5.41) is 9.27. The van der Waals surface area contributed by atoms with Gasteiger partial charge in [0.05, 0.1) is 4.90 Å². The van der Waals surface area contributed by atoms with Crippen LogP contribution in [0.3, 0.4) is 0 Å². The zero-order chi connectivity index (χ0) is 16.4. The van der Waals surface area contributed by atoms with Gasteiger partial charge in [-0.15, -0.1) is 10.2 Å². The number of halogens is 1. The van der Waals surface area contributed by atoms with E-state index in [9.17, 15) is 8.42 Å². The number of aromatic nitrogens is 2. The Morgan fingerprint density at radius 1 is 1.00 bits per heavy atom. The Bertz CT molecular complexity index is 920. The average Bonchev–Trinajstić information content (AvgIpc) is 2.96. The standard InChI is InChI=1S/C15H12ClN3O2S2/c1-10-2-4-11(5-3-10)14-17-18-15(22-14)19-23(20,21)13-8-6-12(16)7-9-13/h2-9H,1H3,(H,18,19). The van der Waals surface area contributed by atoms with Crippen LogP contribution in [0.4, 0.5) is 5.13 Å². The van der Waals surface area contributed by atoms with E-state index in [2.05, 4.69) is 14.9 Å². The van der Waals surface area contributed by atoms with E-state index in [1.165, 1.54) is 35.6 Å². The highest BCUT2D eigenvalue weighted by Gasteiger charge is 2.17. The van der Waals surface area contributed by atoms with Crippen LogP contribution in [0.5, 0.6) is 0 Å². The van der Waals surface area contributed by atoms with Gasteiger partial charge >= 0.3 is 0 Å². The Morgan fingerprint density at radius 2 is 1.65 bits per heavy atom. The first-order valence-corrected chi connectivity index (χ1v) is 9.31. The number of hydrogen-bond donors (Lipinski definition) is 1. The molecule has 3 rings (SSSR count). The van der Waals surface area contributed by atoms with Crippen molar-refractivity contribution in [3.05, 3.63) is 59.1 Å². The molecule has 23 heavy (non-hydrogen) atoms. The van der Waals surface area contributed by atoms with Gasteiger partial charge in [-0.1, -0.05) is 52.8 Å². The maximum atomic E-state index is 12.3. The van der Waals surface area contributed by atoms with Crippen molar-refractivity contribution in [1.82, 2.24) is 10.2 Å². The van der Waals surface area contributed by atoms with E-state index < -0.39 is 10.0 Å². The number of aryl methyl sites for hydroxylation is 1. The minimum absolute atomic E-state index is 0.119. The summed E-state index contributed by atoms with van der Waals surface area (Å²) < 4.78 is 27.0. The van der Waals surface area contributed by atoms with Gasteiger partial charge in [0.25, 0.3) is 10.0 Å². The van der Waals surface area contributed by atoms with Crippen molar-refractivity contribution in [1.29, 1.82) is 0 Å². The third kappa shape index (κ3) is 3.69. The number of benzene rings is 2. The van der Waals surface area contributed by atoms with E-state index in [0.29, 0.717) is 10.0 Å². The first-order chi connectivity index (χ1) is 10.9. The van der Waals surface area contributed by atoms with E-state index in [1.807, 2.05) is 31.2 Å². The Labute approximate surface area is 143 Å². The highest BCUT2D eigenvalue weighted by atomic mass is 35.5. The molecule has 0 aliphatic carbocycles. The summed E-state index contributed by atoms with van der Waals surface area (Å²) in [6.45, 7) is 2.00. The van der Waals surface area contributed by atoms with Gasteiger partial charge in [0.2, 0.25) is 5.13 Å². The van der Waals surface area contributed by atoms with Crippen LogP contribution >= 0.6 is 22.9 Å². The lowest BCUT2D eigenvalue weighted by Gasteiger charge is -2.04. The molecule has 0 aliphatic rings. The monoisotopic (exact) mass is 365 g/mol. The minimum atomic E-state index is -3.71. The van der Waals surface area contributed by atoms with Crippen LogP contribution in [0.15, 0.2) is 53.4 Å². The molecule has 8 heteroatoms. The number of rotatable bonds is 4. The molecule has 0 bridgehead atoms. The Morgan fingerprint density at radius 3 is 2.30 bits per heavy atom. The summed E-state index contributed by atoms with van der Waals surface area (Å²) in [5.41, 5.74) is 2.03. The van der Waals surface area contributed by atoms with Crippen LogP contribution in [-0.2, 0) is 10.0 Å². The van der Waals surface area contributed by atoms with Gasteiger partial charge in [-0.2, -0.15) is 0 Å². The lowest BCUT2D eigenvalue weighted by Crippen LogP contribution is -2.12. The zero-order valence-electron chi connectivity index (χ0n) is 12.0. The van der Waals surface area contributed by atoms with Crippen LogP contribution in [0.1, 0.15) is 5.56 Å². The van der Waals surface area contributed by atoms with Gasteiger partial charge in [-0.25, -0.2) is 8.42 Å². The molecule has 1 aromatic heterocycles. The Hall–Kier alpha value is -1.96. The predicted octanol–water partition coefficient (Wildman–Crippen LogP) is 3.97. The summed E-state index contributed by atoms with van der Waals surface area (Å²) >= 11 is 6.95. The number of anilines is 1. The molecule has 0 saturated heterocycles. The second-order valence-corrected chi connectivity index (χ2v) is 7.93. The van der Waals surface area contributed by atoms with Gasteiger partial charge in [0, 0.05) is 10.6 Å². The fourth-order valence-electron chi connectivity index (χ4n) is 1.86. The molecule has 0 spiro atoms. The van der Waals surface area contributed by atoms with E-state index in [1.54, 1.807) is 0 Å². The maximum Gasteiger partial charge on any atom is 0.263 e. The molecule has 0 saturated carbocycles. The van der Waals surface area contributed by atoms with Crippen molar-refractivity contribution in [3.8, 4) is 10.6 Å². The SMILES string of the molecule is Cc1ccc(-c2nnc(NS(=O)(=O)c3ccc(Cl)cc3)s2)cc1. The molecule has 118 valence electrons. The van der Waals surface area contributed by atoms with Gasteiger partial charge in [0.1, 0.15) is 5.01 Å². The molecule has 5 nitrogen and oxygen atoms in total. The molecular weight excluding hydrogens is 354 g/mol. The minimum Gasteiger partial charge on any atom is -0.253 e. The van der Waals surface area contributed by atoms with Gasteiger partial charge < -0.3 is 0 Å². The molecule has 3 aromatic rings. The Balaban J connectivity index is 1.83. The van der Waals surface area contributed by atoms with E-state index >= 15 is 0 Å². The molecule has 0 radical (unpaired) electrons. The molecule has 0 aliphatic heterocycles. The van der Waals surface area contributed by atoms with Gasteiger partial charge in [-0.3, -0.25) is 4.72 Å². The van der Waals surface area contributed by atoms with Crippen LogP contribution in [0.2, 0.25) is 5.02 Å². The van der Waals surface area contributed by atoms with Crippen molar-refractivity contribution in [2.75, 3.05) is 4.72 Å². The second kappa shape index (κ2) is 6.27. The Kier molecular flexibility index (Phi) is 4.34. The summed E-state index contributed by atoms with van der Waals surface area (Å²) in [5.74, 6) is 0. The molecule has 2 aromatic carbocycles. The smallest absolute Gasteiger partial charge is 0.253 e. The quantitative estimate of drug-likeness (QED) is 0.759. The lowest BCUT2D eigenvalue weighted by molar-refractivity contribution is 0.601. The third-order valence-electron chi connectivity index (χ3n) is 3.07. The normalized spacial score (nSPS) is 11.4. The highest BCUT2D eigenvalue weighted by molar-refractivity contribution is 7.93. The van der Waals surface area contributed by atoms with Crippen LogP contribution in [-0.4, -0.2) is 18.6 Å². The molecule has 1 heterocycles. The van der Waals surface area contributed by atoms with Crippen LogP contribution in [0, 0.1) is 6.92 Å². The van der Waals surface area contributed by atoms with Crippen LogP contribution < -0.4 is 4.72 Å². The fraction of sp³-hybridized carbons (Fsp3) is 0.0667. The maximum absolute atomic E-state index is 12.3. The zero-order valence-corrected chi connectivity index (χ0v) is 14.4. The number of hydrogen-bond acceptors (Lipinski definition) is 5. The van der Waals surface area contributed by atoms with Crippen molar-refractivity contribution < 1.29 is 8.42 Å². The first kappa shape index (κ1) is 15.9. The van der Waals surface area contributed by atoms with E-state index in [0.717, 1.165) is 11.1 Å². The van der Waals surface area contributed by atoms with Gasteiger partial charge in [-0.05, 0) is 31.2 Å². The second-order valence-electron chi connectivity index (χ2n) is 4.84. The van der Waals surface area contributed by atoms with Crippen molar-refractivity contribution >= 4 is 38.1 Å². The molecule has 0 unspecified atom stereocenters. The molecule has 0 atom stereocenters. The van der Waals surface area contributed by atoms with Crippen molar-refractivity contribution in [2.24, 2.45) is 0 Å². The van der Waals surface area contributed by atoms with E-state index in [4.69, 9.17) is 11.6 Å². The van der Waals surface area contributed by atoms with Crippen LogP contribution in [0.25, 0.3) is 10.6 Å². The summed E-state index contributed by atoms with van der Waals surface area (Å²) in [6, 6.07) is 13.7. The summed E-state index contributed by atoms with van der Waals surface area (Å²) in [7, 11) is -3.71. The molecule has 1 N–H and O–H groups in total. The number of sulfonamides is 1. The summed E-state index contributed by atoms with van der Waals surface area (Å²) in [6.07, 6.45) is 0. The van der Waals surface area contributed by atoms with Gasteiger partial charge in [0.15, 0.2) is 0 Å². The highest BCUT2D eigenvalue weighted by Crippen LogP contribution is 2.28. The fourth-order valence-corrected chi connectivity index (χ4v) is 3.97. The molecular formula is C15H12ClN3O2S2. The average molecular weight is 366 g/mol. The molecule has 0 fully saturated rings. The van der Waals surface area contributed by atoms with E-state index in [-0.39, 0.29) is 10.0 Å².